The van der Waals surface area contributed by atoms with Gasteiger partial charge in [0.2, 0.25) is 9.84 Å². The van der Waals surface area contributed by atoms with Gasteiger partial charge in [-0.2, -0.15) is 0 Å². The van der Waals surface area contributed by atoms with E-state index in [0.29, 0.717) is 16.2 Å². The molecule has 1 aromatic carbocycles. The lowest BCUT2D eigenvalue weighted by molar-refractivity contribution is 0.603. The van der Waals surface area contributed by atoms with Gasteiger partial charge in [0, 0.05) is 10.9 Å². The van der Waals surface area contributed by atoms with Crippen molar-refractivity contribution in [3.8, 4) is 0 Å². The molecule has 0 bridgehead atoms. The van der Waals surface area contributed by atoms with E-state index in [-0.39, 0.29) is 6.04 Å². The summed E-state index contributed by atoms with van der Waals surface area (Å²) in [5.41, 5.74) is 7.57. The van der Waals surface area contributed by atoms with Crippen molar-refractivity contribution in [2.45, 2.75) is 31.2 Å². The third-order valence-corrected chi connectivity index (χ3v) is 4.66. The minimum atomic E-state index is -3.22. The topological polar surface area (TPSA) is 60.2 Å². The number of fused-ring (bicyclic) bond motifs is 1. The summed E-state index contributed by atoms with van der Waals surface area (Å²) in [5.74, 6) is 0. The van der Waals surface area contributed by atoms with Crippen LogP contribution < -0.4 is 5.73 Å². The van der Waals surface area contributed by atoms with Crippen molar-refractivity contribution < 1.29 is 8.42 Å². The third-order valence-electron chi connectivity index (χ3n) is 2.76. The van der Waals surface area contributed by atoms with E-state index in [2.05, 4.69) is 0 Å². The normalized spacial score (nSPS) is 19.1. The molecule has 1 unspecified atom stereocenters. The second-order valence-electron chi connectivity index (χ2n) is 4.27. The first-order valence-corrected chi connectivity index (χ1v) is 6.72. The Balaban J connectivity index is 2.60. The second kappa shape index (κ2) is 3.71. The van der Waals surface area contributed by atoms with Gasteiger partial charge in [-0.05, 0) is 43.5 Å². The average molecular weight is 237 g/mol. The highest BCUT2D eigenvalue weighted by molar-refractivity contribution is 7.95. The summed E-state index contributed by atoms with van der Waals surface area (Å²) in [6, 6.07) is 5.40. The highest BCUT2D eigenvalue weighted by Crippen LogP contribution is 2.34. The molecule has 1 heterocycles. The van der Waals surface area contributed by atoms with Gasteiger partial charge < -0.3 is 5.73 Å². The highest BCUT2D eigenvalue weighted by Gasteiger charge is 2.27. The van der Waals surface area contributed by atoms with Crippen LogP contribution in [0.5, 0.6) is 0 Å². The molecular weight excluding hydrogens is 222 g/mol. The zero-order chi connectivity index (χ0) is 11.9. The predicted molar refractivity (Wildman–Crippen MR) is 64.6 cm³/mol. The van der Waals surface area contributed by atoms with Crippen molar-refractivity contribution in [3.05, 3.63) is 34.2 Å². The van der Waals surface area contributed by atoms with Crippen LogP contribution in [0.25, 0.3) is 6.08 Å². The van der Waals surface area contributed by atoms with Crippen molar-refractivity contribution in [1.82, 2.24) is 0 Å². The van der Waals surface area contributed by atoms with Gasteiger partial charge in [0.05, 0.1) is 4.90 Å². The highest BCUT2D eigenvalue weighted by atomic mass is 32.2. The fourth-order valence-corrected chi connectivity index (χ4v) is 3.32. The molecular formula is C12H15NO2S. The van der Waals surface area contributed by atoms with E-state index in [9.17, 15) is 8.42 Å². The molecule has 0 aromatic heterocycles. The minimum absolute atomic E-state index is 0.0310. The molecule has 1 atom stereocenters. The molecule has 1 aliphatic heterocycles. The Bertz CT molecular complexity index is 556. The summed E-state index contributed by atoms with van der Waals surface area (Å²) in [6.07, 6.45) is 2.44. The van der Waals surface area contributed by atoms with E-state index in [0.717, 1.165) is 11.1 Å². The minimum Gasteiger partial charge on any atom is -0.328 e. The Morgan fingerprint density at radius 2 is 2.06 bits per heavy atom. The third kappa shape index (κ3) is 1.68. The van der Waals surface area contributed by atoms with Crippen LogP contribution in [0, 0.1) is 0 Å². The standard InChI is InChI=1S/C12H15NO2S/c1-8(13)6-10-4-3-5-12-11(10)7-9(2)16(12,14)15/h3-5,7-8H,6,13H2,1-2H3. The Morgan fingerprint density at radius 3 is 2.69 bits per heavy atom. The van der Waals surface area contributed by atoms with Crippen LogP contribution >= 0.6 is 0 Å². The van der Waals surface area contributed by atoms with Gasteiger partial charge in [-0.1, -0.05) is 12.1 Å². The van der Waals surface area contributed by atoms with Crippen LogP contribution in [0.3, 0.4) is 0 Å². The van der Waals surface area contributed by atoms with Gasteiger partial charge in [0.25, 0.3) is 0 Å². The van der Waals surface area contributed by atoms with Gasteiger partial charge in [0.1, 0.15) is 0 Å². The number of nitrogens with two attached hydrogens (primary N) is 1. The van der Waals surface area contributed by atoms with Crippen LogP contribution in [0.2, 0.25) is 0 Å². The Kier molecular flexibility index (Phi) is 2.64. The lowest BCUT2D eigenvalue weighted by Gasteiger charge is -2.09. The molecule has 0 amide bonds. The van der Waals surface area contributed by atoms with Crippen LogP contribution in [0.15, 0.2) is 28.0 Å². The number of allylic oxidation sites excluding steroid dienone is 1. The predicted octanol–water partition coefficient (Wildman–Crippen LogP) is 1.72. The molecule has 0 radical (unpaired) electrons. The molecule has 1 aromatic rings. The largest absolute Gasteiger partial charge is 0.328 e. The summed E-state index contributed by atoms with van der Waals surface area (Å²) in [5, 5.41) is 0. The van der Waals surface area contributed by atoms with E-state index < -0.39 is 9.84 Å². The number of sulfone groups is 1. The molecule has 4 heteroatoms. The Hall–Kier alpha value is -1.13. The summed E-state index contributed by atoms with van der Waals surface area (Å²) in [6.45, 7) is 3.55. The number of hydrogen-bond donors (Lipinski definition) is 1. The molecule has 1 aliphatic rings. The quantitative estimate of drug-likeness (QED) is 0.852. The number of benzene rings is 1. The zero-order valence-electron chi connectivity index (χ0n) is 9.40. The fourth-order valence-electron chi connectivity index (χ4n) is 1.97. The van der Waals surface area contributed by atoms with Crippen LogP contribution in [0.4, 0.5) is 0 Å². The maximum atomic E-state index is 11.9. The van der Waals surface area contributed by atoms with E-state index in [4.69, 9.17) is 5.73 Å². The fraction of sp³-hybridized carbons (Fsp3) is 0.333. The SMILES string of the molecule is CC1=Cc2c(CC(C)N)cccc2S1(=O)=O. The van der Waals surface area contributed by atoms with E-state index in [1.807, 2.05) is 13.0 Å². The van der Waals surface area contributed by atoms with E-state index in [1.165, 1.54) is 0 Å². The van der Waals surface area contributed by atoms with Gasteiger partial charge in [0.15, 0.2) is 0 Å². The maximum Gasteiger partial charge on any atom is 0.203 e. The van der Waals surface area contributed by atoms with Gasteiger partial charge in [-0.25, -0.2) is 8.42 Å². The van der Waals surface area contributed by atoms with Gasteiger partial charge >= 0.3 is 0 Å². The zero-order valence-corrected chi connectivity index (χ0v) is 10.2. The first-order chi connectivity index (χ1) is 7.43. The molecule has 16 heavy (non-hydrogen) atoms. The summed E-state index contributed by atoms with van der Waals surface area (Å²) >= 11 is 0. The summed E-state index contributed by atoms with van der Waals surface area (Å²) in [7, 11) is -3.22. The van der Waals surface area contributed by atoms with E-state index >= 15 is 0 Å². The Morgan fingerprint density at radius 1 is 1.38 bits per heavy atom. The molecule has 0 spiro atoms. The van der Waals surface area contributed by atoms with Crippen molar-refractivity contribution in [3.63, 3.8) is 0 Å². The lowest BCUT2D eigenvalue weighted by Crippen LogP contribution is -2.18. The first-order valence-electron chi connectivity index (χ1n) is 5.24. The summed E-state index contributed by atoms with van der Waals surface area (Å²) in [4.78, 5) is 0.836. The lowest BCUT2D eigenvalue weighted by atomic mass is 10.0. The van der Waals surface area contributed by atoms with Crippen molar-refractivity contribution in [2.24, 2.45) is 5.73 Å². The average Bonchev–Trinajstić information content (AvgIpc) is 2.40. The molecule has 86 valence electrons. The second-order valence-corrected chi connectivity index (χ2v) is 6.36. The van der Waals surface area contributed by atoms with Crippen LogP contribution in [0.1, 0.15) is 25.0 Å². The van der Waals surface area contributed by atoms with Crippen molar-refractivity contribution >= 4 is 15.9 Å². The van der Waals surface area contributed by atoms with Crippen LogP contribution in [-0.2, 0) is 16.3 Å². The first kappa shape index (κ1) is 11.4. The smallest absolute Gasteiger partial charge is 0.203 e. The molecule has 2 rings (SSSR count). The molecule has 2 N–H and O–H groups in total. The number of rotatable bonds is 2. The van der Waals surface area contributed by atoms with Crippen molar-refractivity contribution in [1.29, 1.82) is 0 Å². The van der Waals surface area contributed by atoms with Crippen molar-refractivity contribution in [2.75, 3.05) is 0 Å². The molecule has 0 saturated carbocycles. The molecule has 0 fully saturated rings. The van der Waals surface area contributed by atoms with Gasteiger partial charge in [-0.15, -0.1) is 0 Å². The molecule has 0 aliphatic carbocycles. The molecule has 0 saturated heterocycles. The van der Waals surface area contributed by atoms with E-state index in [1.54, 1.807) is 25.1 Å². The Labute approximate surface area is 95.9 Å². The van der Waals surface area contributed by atoms with Crippen LogP contribution in [-0.4, -0.2) is 14.5 Å². The number of hydrogen-bond acceptors (Lipinski definition) is 3. The molecule has 3 nitrogen and oxygen atoms in total. The monoisotopic (exact) mass is 237 g/mol. The van der Waals surface area contributed by atoms with Gasteiger partial charge in [-0.3, -0.25) is 0 Å². The summed E-state index contributed by atoms with van der Waals surface area (Å²) < 4.78 is 23.8. The maximum absolute atomic E-state index is 11.9.